The summed E-state index contributed by atoms with van der Waals surface area (Å²) in [5, 5.41) is 0. The molecule has 5 nitrogen and oxygen atoms in total. The van der Waals surface area contributed by atoms with Gasteiger partial charge in [0.1, 0.15) is 12.2 Å². The maximum atomic E-state index is 12.1. The summed E-state index contributed by atoms with van der Waals surface area (Å²) in [7, 11) is 0. The minimum atomic E-state index is -0.289. The van der Waals surface area contributed by atoms with Crippen LogP contribution in [0.3, 0.4) is 0 Å². The minimum Gasteiger partial charge on any atom is -1.00 e. The van der Waals surface area contributed by atoms with E-state index in [9.17, 15) is 4.79 Å². The molecule has 2 fully saturated rings. The van der Waals surface area contributed by atoms with Crippen molar-refractivity contribution >= 4 is 5.97 Å². The Bertz CT molecular complexity index is 374. The van der Waals surface area contributed by atoms with Crippen molar-refractivity contribution in [1.29, 1.82) is 0 Å². The zero-order chi connectivity index (χ0) is 16.8. The molecule has 0 aromatic rings. The first-order chi connectivity index (χ1) is 11.0. The largest absolute Gasteiger partial charge is 1.00 e. The number of hydrogen-bond donors (Lipinski definition) is 1. The molecule has 0 unspecified atom stereocenters. The van der Waals surface area contributed by atoms with Gasteiger partial charge >= 0.3 is 5.97 Å². The molecular formula is C18H34ClNO4. The molecule has 24 heavy (non-hydrogen) atoms. The van der Waals surface area contributed by atoms with Gasteiger partial charge < -0.3 is 32.4 Å². The van der Waals surface area contributed by atoms with Crippen molar-refractivity contribution in [3.63, 3.8) is 0 Å². The van der Waals surface area contributed by atoms with E-state index in [1.165, 1.54) is 12.8 Å². The Hall–Kier alpha value is -0.360. The van der Waals surface area contributed by atoms with E-state index in [4.69, 9.17) is 14.2 Å². The Morgan fingerprint density at radius 1 is 1.17 bits per heavy atom. The van der Waals surface area contributed by atoms with Crippen molar-refractivity contribution in [3.8, 4) is 0 Å². The van der Waals surface area contributed by atoms with E-state index in [1.54, 1.807) is 0 Å². The predicted molar refractivity (Wildman–Crippen MR) is 87.8 cm³/mol. The maximum absolute atomic E-state index is 12.1. The number of esters is 1. The third-order valence-corrected chi connectivity index (χ3v) is 4.80. The predicted octanol–water partition coefficient (Wildman–Crippen LogP) is -0.914. The maximum Gasteiger partial charge on any atom is 0.365 e. The number of hydrogen-bond acceptors (Lipinski definition) is 4. The van der Waals surface area contributed by atoms with Crippen molar-refractivity contribution in [2.24, 2.45) is 5.92 Å². The molecule has 6 heteroatoms. The van der Waals surface area contributed by atoms with Gasteiger partial charge in [0.25, 0.3) is 0 Å². The second-order valence-corrected chi connectivity index (χ2v) is 7.54. The number of halogens is 1. The molecule has 1 saturated heterocycles. The highest BCUT2D eigenvalue weighted by molar-refractivity contribution is 5.74. The molecule has 1 aliphatic heterocycles. The van der Waals surface area contributed by atoms with Crippen LogP contribution in [0.4, 0.5) is 0 Å². The summed E-state index contributed by atoms with van der Waals surface area (Å²) in [6, 6.07) is -0.284. The average molecular weight is 364 g/mol. The zero-order valence-electron chi connectivity index (χ0n) is 15.3. The molecule has 1 saturated carbocycles. The fraction of sp³-hybridized carbons (Fsp3) is 0.944. The standard InChI is InChI=1S/C18H33NO4.ClH/c1-12(2)11-21-16-10-6-9-15(19)18(20)22-13(3)17(16)23-14-7-4-5-8-14;/h12-17H,4-11,19H2,1-3H3;1H/t13-,15-,16-,17-;/m0./s1. The van der Waals surface area contributed by atoms with Gasteiger partial charge in [-0.3, -0.25) is 0 Å². The second kappa shape index (κ2) is 10.6. The first-order valence-electron chi connectivity index (χ1n) is 9.28. The van der Waals surface area contributed by atoms with E-state index in [2.05, 4.69) is 19.6 Å². The molecule has 1 aliphatic carbocycles. The van der Waals surface area contributed by atoms with Gasteiger partial charge in [-0.15, -0.1) is 0 Å². The number of cyclic esters (lactones) is 1. The second-order valence-electron chi connectivity index (χ2n) is 7.54. The Balaban J connectivity index is 0.00000288. The van der Waals surface area contributed by atoms with Crippen LogP contribution in [0.2, 0.25) is 0 Å². The SMILES string of the molecule is CC(C)CO[C@H]1CCC[C@H]([NH3+])C(=O)O[C@@H](C)[C@@H]1OC1CCCC1.[Cl-]. The van der Waals surface area contributed by atoms with Crippen molar-refractivity contribution < 1.29 is 37.1 Å². The molecule has 142 valence electrons. The fourth-order valence-electron chi connectivity index (χ4n) is 3.44. The summed E-state index contributed by atoms with van der Waals surface area (Å²) in [4.78, 5) is 12.1. The van der Waals surface area contributed by atoms with Crippen molar-refractivity contribution in [3.05, 3.63) is 0 Å². The van der Waals surface area contributed by atoms with Crippen LogP contribution in [0.5, 0.6) is 0 Å². The van der Waals surface area contributed by atoms with Crippen LogP contribution in [0.1, 0.15) is 65.7 Å². The van der Waals surface area contributed by atoms with Gasteiger partial charge in [-0.2, -0.15) is 0 Å². The first-order valence-corrected chi connectivity index (χ1v) is 9.28. The molecule has 0 radical (unpaired) electrons. The van der Waals surface area contributed by atoms with Crippen LogP contribution in [-0.4, -0.2) is 43.0 Å². The van der Waals surface area contributed by atoms with Crippen LogP contribution in [0.25, 0.3) is 0 Å². The molecule has 0 amide bonds. The smallest absolute Gasteiger partial charge is 0.365 e. The number of quaternary nitrogens is 1. The lowest BCUT2D eigenvalue weighted by Gasteiger charge is -2.33. The van der Waals surface area contributed by atoms with E-state index >= 15 is 0 Å². The summed E-state index contributed by atoms with van der Waals surface area (Å²) in [5.74, 6) is 0.273. The Morgan fingerprint density at radius 3 is 2.46 bits per heavy atom. The number of carbonyl (C=O) groups excluding carboxylic acids is 1. The number of carbonyl (C=O) groups is 1. The van der Waals surface area contributed by atoms with E-state index in [-0.39, 0.29) is 48.8 Å². The number of rotatable bonds is 5. The zero-order valence-corrected chi connectivity index (χ0v) is 16.1. The van der Waals surface area contributed by atoms with Crippen molar-refractivity contribution in [1.82, 2.24) is 0 Å². The first kappa shape index (κ1) is 21.7. The van der Waals surface area contributed by atoms with E-state index in [0.29, 0.717) is 12.5 Å². The highest BCUT2D eigenvalue weighted by atomic mass is 35.5. The molecule has 2 aliphatic rings. The quantitative estimate of drug-likeness (QED) is 0.642. The minimum absolute atomic E-state index is 0. The van der Waals surface area contributed by atoms with Crippen LogP contribution < -0.4 is 18.1 Å². The van der Waals surface area contributed by atoms with Crippen LogP contribution in [0, 0.1) is 5.92 Å². The van der Waals surface area contributed by atoms with E-state index < -0.39 is 0 Å². The summed E-state index contributed by atoms with van der Waals surface area (Å²) < 4.78 is 18.2. The summed E-state index contributed by atoms with van der Waals surface area (Å²) >= 11 is 0. The molecule has 0 bridgehead atoms. The van der Waals surface area contributed by atoms with Crippen LogP contribution >= 0.6 is 0 Å². The molecule has 3 N–H and O–H groups in total. The summed E-state index contributed by atoms with van der Waals surface area (Å²) in [6.07, 6.45) is 7.04. The van der Waals surface area contributed by atoms with E-state index in [1.807, 2.05) is 6.92 Å². The lowest BCUT2D eigenvalue weighted by Crippen LogP contribution is -3.00. The molecule has 0 aromatic carbocycles. The molecule has 4 atom stereocenters. The van der Waals surface area contributed by atoms with Gasteiger partial charge in [0, 0.05) is 13.0 Å². The lowest BCUT2D eigenvalue weighted by molar-refractivity contribution is -0.410. The molecule has 2 rings (SSSR count). The Labute approximate surface area is 152 Å². The molecular weight excluding hydrogens is 330 g/mol. The highest BCUT2D eigenvalue weighted by Crippen LogP contribution is 2.28. The fourth-order valence-corrected chi connectivity index (χ4v) is 3.44. The molecule has 0 spiro atoms. The topological polar surface area (TPSA) is 72.4 Å². The Morgan fingerprint density at radius 2 is 1.83 bits per heavy atom. The third-order valence-electron chi connectivity index (χ3n) is 4.80. The molecule has 0 aromatic heterocycles. The van der Waals surface area contributed by atoms with E-state index in [0.717, 1.165) is 32.1 Å². The van der Waals surface area contributed by atoms with Crippen LogP contribution in [0.15, 0.2) is 0 Å². The van der Waals surface area contributed by atoms with Gasteiger partial charge in [-0.25, -0.2) is 4.79 Å². The van der Waals surface area contributed by atoms with Gasteiger partial charge in [0.05, 0.1) is 12.2 Å². The van der Waals surface area contributed by atoms with Gasteiger partial charge in [0.2, 0.25) is 0 Å². The van der Waals surface area contributed by atoms with Crippen LogP contribution in [-0.2, 0) is 19.0 Å². The summed E-state index contributed by atoms with van der Waals surface area (Å²) in [5.41, 5.74) is 3.93. The average Bonchev–Trinajstić information content (AvgIpc) is 3.01. The van der Waals surface area contributed by atoms with Crippen molar-refractivity contribution in [2.45, 2.75) is 96.2 Å². The van der Waals surface area contributed by atoms with Crippen molar-refractivity contribution in [2.75, 3.05) is 6.61 Å². The number of ether oxygens (including phenoxy) is 3. The van der Waals surface area contributed by atoms with Gasteiger partial charge in [-0.05, 0) is 38.5 Å². The lowest BCUT2D eigenvalue weighted by atomic mass is 10.0. The van der Waals surface area contributed by atoms with Gasteiger partial charge in [0.15, 0.2) is 6.04 Å². The normalized spacial score (nSPS) is 32.6. The Kier molecular flexibility index (Phi) is 9.57. The van der Waals surface area contributed by atoms with Gasteiger partial charge in [-0.1, -0.05) is 26.7 Å². The highest BCUT2D eigenvalue weighted by Gasteiger charge is 2.37. The monoisotopic (exact) mass is 363 g/mol. The summed E-state index contributed by atoms with van der Waals surface area (Å²) in [6.45, 7) is 6.94. The molecule has 1 heterocycles. The third kappa shape index (κ3) is 6.51.